The number of phosphoric acid groups is 2. The van der Waals surface area contributed by atoms with Gasteiger partial charge in [-0.2, -0.15) is 16.3 Å². The summed E-state index contributed by atoms with van der Waals surface area (Å²) >= 11 is 0.969. The molecule has 5 rings (SSSR count). The van der Waals surface area contributed by atoms with Crippen molar-refractivity contribution in [1.82, 2.24) is 34.4 Å². The number of phosphoric ester groups is 2. The highest BCUT2D eigenvalue weighted by molar-refractivity contribution is 7.98. The Labute approximate surface area is 335 Å². The van der Waals surface area contributed by atoms with E-state index in [1.165, 1.54) is 29.5 Å². The highest BCUT2D eigenvalue weighted by atomic mass is 32.1. The number of esters is 1. The topological polar surface area (TPSA) is 330 Å². The number of nitrogens with zero attached hydrogens (tertiary/aromatic N) is 6. The highest BCUT2D eigenvalue weighted by Crippen LogP contribution is 2.50. The van der Waals surface area contributed by atoms with Gasteiger partial charge in [-0.1, -0.05) is 32.2 Å². The van der Waals surface area contributed by atoms with Crippen LogP contribution in [0.2, 0.25) is 0 Å². The predicted octanol–water partition coefficient (Wildman–Crippen LogP) is 0.697. The third kappa shape index (κ3) is 12.3. The molecule has 0 amide bonds. The minimum atomic E-state index is -5.15. The second-order valence-corrected chi connectivity index (χ2v) is 18.9. The van der Waals surface area contributed by atoms with Gasteiger partial charge in [0.25, 0.3) is 0 Å². The fourth-order valence-electron chi connectivity index (χ4n) is 6.04. The SMILES string of the molecule is C=CCCCNC(CC=[SH]C(C)(C)C)C(=O)O[C@H]1[C@@H](O)[C@H](n2cnc3c(N)ncnc32)O[C@H]1COP(=O)(O)O[C@H]1C[C@H](n2ccc(N)nc2=O)O[C@@H]1COP(=O)(O)O. The first-order valence-corrected chi connectivity index (χ1v) is 21.9. The summed E-state index contributed by atoms with van der Waals surface area (Å²) in [6.07, 6.45) is -2.99. The molecule has 3 aromatic heterocycles. The van der Waals surface area contributed by atoms with Gasteiger partial charge < -0.3 is 50.8 Å². The fourth-order valence-corrected chi connectivity index (χ4v) is 8.20. The molecule has 0 aliphatic carbocycles. The lowest BCUT2D eigenvalue weighted by Crippen LogP contribution is -2.45. The third-order valence-corrected chi connectivity index (χ3v) is 11.4. The summed E-state index contributed by atoms with van der Waals surface area (Å²) in [5.74, 6) is -0.773. The predicted molar refractivity (Wildman–Crippen MR) is 210 cm³/mol. The molecule has 2 fully saturated rings. The normalized spacial score (nSPS) is 25.7. The number of fused-ring (bicyclic) bond motifs is 1. The smallest absolute Gasteiger partial charge is 0.455 e. The number of nitrogen functional groups attached to an aromatic ring is 2. The number of carbonyl (C=O) groups excluding carboxylic acids is 1. The third-order valence-electron chi connectivity index (χ3n) is 8.72. The zero-order valence-electron chi connectivity index (χ0n) is 31.8. The maximum Gasteiger partial charge on any atom is 0.472 e. The Balaban J connectivity index is 1.37. The van der Waals surface area contributed by atoms with Crippen LogP contribution in [0, 0.1) is 0 Å². The van der Waals surface area contributed by atoms with Crippen molar-refractivity contribution in [2.24, 2.45) is 0 Å². The first kappa shape index (κ1) is 45.6. The van der Waals surface area contributed by atoms with Crippen LogP contribution in [0.5, 0.6) is 0 Å². The van der Waals surface area contributed by atoms with Gasteiger partial charge in [-0.05, 0) is 36.6 Å². The summed E-state index contributed by atoms with van der Waals surface area (Å²) in [5, 5.41) is 16.8. The molecule has 2 aliphatic rings. The number of nitrogens with two attached hydrogens (primary N) is 2. The number of imidazole rings is 1. The fraction of sp³-hybridized carbons (Fsp3) is 0.594. The minimum Gasteiger partial charge on any atom is -0.455 e. The Morgan fingerprint density at radius 2 is 1.88 bits per heavy atom. The quantitative estimate of drug-likeness (QED) is 0.0205. The van der Waals surface area contributed by atoms with Gasteiger partial charge in [0, 0.05) is 12.6 Å². The van der Waals surface area contributed by atoms with Gasteiger partial charge in [0.2, 0.25) is 0 Å². The lowest BCUT2D eigenvalue weighted by atomic mass is 10.1. The van der Waals surface area contributed by atoms with E-state index >= 15 is 0 Å². The van der Waals surface area contributed by atoms with Crippen LogP contribution in [0.1, 0.15) is 58.9 Å². The summed E-state index contributed by atoms with van der Waals surface area (Å²) < 4.78 is 60.3. The monoisotopic (exact) mass is 877 g/mol. The number of aliphatic hydroxyl groups is 1. The second kappa shape index (κ2) is 19.3. The van der Waals surface area contributed by atoms with Gasteiger partial charge in [-0.25, -0.2) is 28.9 Å². The molecule has 0 radical (unpaired) electrons. The van der Waals surface area contributed by atoms with Crippen LogP contribution < -0.4 is 22.5 Å². The van der Waals surface area contributed by atoms with Crippen molar-refractivity contribution in [3.63, 3.8) is 0 Å². The van der Waals surface area contributed by atoms with E-state index in [-0.39, 0.29) is 40.4 Å². The maximum absolute atomic E-state index is 13.8. The zero-order chi connectivity index (χ0) is 42.4. The van der Waals surface area contributed by atoms with Crippen LogP contribution in [-0.4, -0.2) is 121 Å². The molecule has 26 heteroatoms. The van der Waals surface area contributed by atoms with E-state index in [2.05, 4.69) is 36.4 Å². The Bertz CT molecular complexity index is 2100. The Kier molecular flexibility index (Phi) is 15.2. The number of thiol groups is 1. The molecule has 322 valence electrons. The highest BCUT2D eigenvalue weighted by Gasteiger charge is 2.50. The van der Waals surface area contributed by atoms with E-state index < -0.39 is 89.5 Å². The van der Waals surface area contributed by atoms with Crippen molar-refractivity contribution < 1.29 is 61.5 Å². The van der Waals surface area contributed by atoms with E-state index in [0.717, 1.165) is 15.9 Å². The molecule has 0 aromatic carbocycles. The number of ether oxygens (including phenoxy) is 3. The molecule has 3 aromatic rings. The minimum absolute atomic E-state index is 0.0498. The summed E-state index contributed by atoms with van der Waals surface area (Å²) in [6, 6.07) is 0.458. The van der Waals surface area contributed by atoms with Gasteiger partial charge in [-0.3, -0.25) is 27.5 Å². The average Bonchev–Trinajstić information content (AvgIpc) is 3.82. The maximum atomic E-state index is 13.8. The van der Waals surface area contributed by atoms with Crippen LogP contribution >= 0.6 is 27.0 Å². The first-order chi connectivity index (χ1) is 27.2. The van der Waals surface area contributed by atoms with Crippen molar-refractivity contribution in [1.29, 1.82) is 0 Å². The number of anilines is 2. The Hall–Kier alpha value is -3.48. The largest absolute Gasteiger partial charge is 0.472 e. The molecule has 2 saturated heterocycles. The number of aromatic nitrogens is 6. The van der Waals surface area contributed by atoms with E-state index in [9.17, 15) is 38.5 Å². The summed E-state index contributed by atoms with van der Waals surface area (Å²) in [6.45, 7) is 8.70. The molecule has 2 aliphatic heterocycles. The van der Waals surface area contributed by atoms with Crippen LogP contribution in [0.4, 0.5) is 11.6 Å². The lowest BCUT2D eigenvalue weighted by Gasteiger charge is -2.25. The number of carbonyl (C=O) groups is 1. The van der Waals surface area contributed by atoms with Crippen molar-refractivity contribution in [2.45, 2.75) is 100 Å². The Morgan fingerprint density at radius 3 is 2.57 bits per heavy atom. The average molecular weight is 878 g/mol. The molecule has 9 atom stereocenters. The summed E-state index contributed by atoms with van der Waals surface area (Å²) in [4.78, 5) is 71.8. The number of aliphatic hydroxyl groups excluding tert-OH is 1. The number of hydrogen-bond acceptors (Lipinski definition) is 18. The van der Waals surface area contributed by atoms with Crippen LogP contribution in [-0.2, 0) is 41.7 Å². The standard InChI is InChI=1S/C32H49N9O14P2S/c1-5-6-7-10-35-18(9-12-58-32(2,3)4)30(43)54-26-21(53-29(25(26)42)41-17-38-24-27(34)36-16-37-28(24)41)15-51-57(48,49)55-19-13-23(40-11-8-22(33)39-31(40)44)52-20(19)14-50-56(45,46)47/h5,8,11-12,16-21,23,25-26,29,35,42,58H,1,6-7,9-10,13-15H2,2-4H3,(H,48,49)(H2,33,39,44)(H2,34,36,37)(H2,45,46,47)/t18?,19-,20+,21-,23+,25+,26+,29+/m0/s1. The number of nitrogens with one attached hydrogen (secondary N) is 1. The summed E-state index contributed by atoms with van der Waals surface area (Å²) in [5.41, 5.74) is 11.1. The van der Waals surface area contributed by atoms with E-state index in [4.69, 9.17) is 34.7 Å². The molecule has 2 unspecified atom stereocenters. The molecular weight excluding hydrogens is 828 g/mol. The van der Waals surface area contributed by atoms with Crippen molar-refractivity contribution >= 4 is 61.1 Å². The van der Waals surface area contributed by atoms with E-state index in [1.54, 1.807) is 6.08 Å². The molecule has 0 bridgehead atoms. The lowest BCUT2D eigenvalue weighted by molar-refractivity contribution is -0.158. The van der Waals surface area contributed by atoms with E-state index in [1.807, 2.05) is 26.1 Å². The molecule has 23 nitrogen and oxygen atoms in total. The molecule has 0 saturated carbocycles. The van der Waals surface area contributed by atoms with Crippen LogP contribution in [0.15, 0.2) is 42.4 Å². The second-order valence-electron chi connectivity index (χ2n) is 14.3. The van der Waals surface area contributed by atoms with Gasteiger partial charge in [0.05, 0.1) is 19.5 Å². The molecular formula is C32H49N9O14P2S. The van der Waals surface area contributed by atoms with Gasteiger partial charge in [0.15, 0.2) is 23.8 Å². The van der Waals surface area contributed by atoms with Gasteiger partial charge in [-0.15, -0.1) is 6.58 Å². The van der Waals surface area contributed by atoms with Crippen molar-refractivity contribution in [3.05, 3.63) is 48.1 Å². The van der Waals surface area contributed by atoms with E-state index in [0.29, 0.717) is 19.4 Å². The van der Waals surface area contributed by atoms with Crippen LogP contribution in [0.3, 0.4) is 0 Å². The molecule has 0 spiro atoms. The zero-order valence-corrected chi connectivity index (χ0v) is 34.5. The first-order valence-electron chi connectivity index (χ1n) is 18.0. The van der Waals surface area contributed by atoms with Gasteiger partial charge in [0.1, 0.15) is 54.3 Å². The van der Waals surface area contributed by atoms with Crippen molar-refractivity contribution in [3.8, 4) is 0 Å². The molecule has 9 N–H and O–H groups in total. The molecule has 5 heterocycles. The Morgan fingerprint density at radius 1 is 1.14 bits per heavy atom. The number of unbranched alkanes of at least 4 members (excludes halogenated alkanes) is 1. The summed E-state index contributed by atoms with van der Waals surface area (Å²) in [7, 11) is -10.2. The van der Waals surface area contributed by atoms with Gasteiger partial charge >= 0.3 is 27.3 Å². The van der Waals surface area contributed by atoms with Crippen molar-refractivity contribution in [2.75, 3.05) is 31.2 Å². The number of rotatable bonds is 19. The van der Waals surface area contributed by atoms with Crippen LogP contribution in [0.25, 0.3) is 11.2 Å². The number of hydrogen-bond donors (Lipinski definition) is 8. The molecule has 58 heavy (non-hydrogen) atoms. The number of allylic oxidation sites excluding steroid dienone is 1.